The SMILES string of the molecule is CCCCCCCCC(CCCCCCCC)OC(=O)CCCCCCCN(CCCCCCCC(=O)OC(CCCCCCCC)CCCCCCCC)CCn1cc(CN(CC)CC)nn1. The van der Waals surface area contributed by atoms with Gasteiger partial charge in [-0.2, -0.15) is 0 Å². The quantitative estimate of drug-likeness (QED) is 0.0471. The Morgan fingerprint density at radius 1 is 0.441 bits per heavy atom. The lowest BCUT2D eigenvalue weighted by Gasteiger charge is -2.22. The van der Waals surface area contributed by atoms with Gasteiger partial charge in [-0.1, -0.05) is 214 Å². The third-order valence-electron chi connectivity index (χ3n) is 14.3. The van der Waals surface area contributed by atoms with Crippen molar-refractivity contribution in [3.63, 3.8) is 0 Å². The molecule has 0 aliphatic carbocycles. The molecule has 1 aromatic rings. The van der Waals surface area contributed by atoms with Crippen LogP contribution in [0.5, 0.6) is 0 Å². The van der Waals surface area contributed by atoms with Gasteiger partial charge in [-0.25, -0.2) is 0 Å². The van der Waals surface area contributed by atoms with E-state index in [9.17, 15) is 9.59 Å². The van der Waals surface area contributed by atoms with E-state index in [2.05, 4.69) is 67.9 Å². The van der Waals surface area contributed by atoms with Crippen molar-refractivity contribution in [2.24, 2.45) is 0 Å². The average molecular weight is 959 g/mol. The van der Waals surface area contributed by atoms with E-state index in [0.29, 0.717) is 12.8 Å². The first-order valence-electron chi connectivity index (χ1n) is 30.1. The van der Waals surface area contributed by atoms with Gasteiger partial charge in [0.15, 0.2) is 0 Å². The maximum atomic E-state index is 13.0. The van der Waals surface area contributed by atoms with Crippen molar-refractivity contribution in [1.82, 2.24) is 24.8 Å². The summed E-state index contributed by atoms with van der Waals surface area (Å²) in [5.41, 5.74) is 1.05. The summed E-state index contributed by atoms with van der Waals surface area (Å²) in [4.78, 5) is 30.9. The molecule has 0 bridgehead atoms. The highest BCUT2D eigenvalue weighted by Crippen LogP contribution is 2.20. The number of ether oxygens (including phenoxy) is 2. The molecule has 0 aliphatic heterocycles. The highest BCUT2D eigenvalue weighted by atomic mass is 16.5. The summed E-state index contributed by atoms with van der Waals surface area (Å²) in [5, 5.41) is 8.97. The van der Waals surface area contributed by atoms with Crippen LogP contribution in [0.1, 0.15) is 304 Å². The molecule has 1 rings (SSSR count). The maximum absolute atomic E-state index is 13.0. The molecule has 400 valence electrons. The number of unbranched alkanes of at least 4 members (excludes halogenated alkanes) is 28. The van der Waals surface area contributed by atoms with Crippen LogP contribution in [-0.2, 0) is 32.2 Å². The lowest BCUT2D eigenvalue weighted by molar-refractivity contribution is -0.151. The molecule has 1 heterocycles. The number of esters is 2. The zero-order valence-corrected chi connectivity index (χ0v) is 46.3. The Labute approximate surface area is 422 Å². The van der Waals surface area contributed by atoms with Crippen molar-refractivity contribution in [3.8, 4) is 0 Å². The first-order chi connectivity index (χ1) is 33.4. The fourth-order valence-corrected chi connectivity index (χ4v) is 9.67. The van der Waals surface area contributed by atoms with Crippen LogP contribution in [0.15, 0.2) is 6.20 Å². The summed E-state index contributed by atoms with van der Waals surface area (Å²) >= 11 is 0. The van der Waals surface area contributed by atoms with Gasteiger partial charge in [-0.05, 0) is 103 Å². The van der Waals surface area contributed by atoms with E-state index < -0.39 is 0 Å². The van der Waals surface area contributed by atoms with E-state index in [1.807, 2.05) is 4.68 Å². The molecule has 68 heavy (non-hydrogen) atoms. The normalized spacial score (nSPS) is 11.9. The number of hydrogen-bond donors (Lipinski definition) is 0. The predicted molar refractivity (Wildman–Crippen MR) is 290 cm³/mol. The Kier molecular flexibility index (Phi) is 45.8. The minimum absolute atomic E-state index is 0.0256. The van der Waals surface area contributed by atoms with E-state index in [-0.39, 0.29) is 24.1 Å². The molecule has 0 saturated heterocycles. The summed E-state index contributed by atoms with van der Waals surface area (Å²) in [5.74, 6) is 0.0513. The van der Waals surface area contributed by atoms with Crippen LogP contribution in [0, 0.1) is 0 Å². The van der Waals surface area contributed by atoms with Crippen molar-refractivity contribution in [2.75, 3.05) is 32.7 Å². The molecule has 0 unspecified atom stereocenters. The number of hydrogen-bond acceptors (Lipinski definition) is 8. The number of aromatic nitrogens is 3. The molecule has 0 spiro atoms. The van der Waals surface area contributed by atoms with Gasteiger partial charge < -0.3 is 14.4 Å². The molecule has 9 nitrogen and oxygen atoms in total. The Bertz CT molecular complexity index is 1130. The van der Waals surface area contributed by atoms with Crippen LogP contribution < -0.4 is 0 Å². The summed E-state index contributed by atoms with van der Waals surface area (Å²) in [6.07, 6.45) is 49.5. The molecular weight excluding hydrogens is 843 g/mol. The fraction of sp³-hybridized carbons (Fsp3) is 0.932. The average Bonchev–Trinajstić information content (AvgIpc) is 3.80. The molecule has 9 heteroatoms. The number of carbonyl (C=O) groups is 2. The molecule has 0 radical (unpaired) electrons. The molecule has 0 N–H and O–H groups in total. The number of nitrogens with zero attached hydrogens (tertiary/aromatic N) is 5. The van der Waals surface area contributed by atoms with Gasteiger partial charge in [-0.3, -0.25) is 19.2 Å². The lowest BCUT2D eigenvalue weighted by Crippen LogP contribution is -2.30. The maximum Gasteiger partial charge on any atom is 0.306 e. The van der Waals surface area contributed by atoms with Crippen molar-refractivity contribution in [2.45, 2.75) is 324 Å². The van der Waals surface area contributed by atoms with Gasteiger partial charge in [0, 0.05) is 32.1 Å². The topological polar surface area (TPSA) is 89.8 Å². The van der Waals surface area contributed by atoms with Crippen LogP contribution in [0.25, 0.3) is 0 Å². The molecule has 0 fully saturated rings. The first kappa shape index (κ1) is 64.0. The Hall–Kier alpha value is -2.00. The van der Waals surface area contributed by atoms with Gasteiger partial charge >= 0.3 is 11.9 Å². The summed E-state index contributed by atoms with van der Waals surface area (Å²) in [7, 11) is 0. The third kappa shape index (κ3) is 39.7. The summed E-state index contributed by atoms with van der Waals surface area (Å²) in [6, 6.07) is 0. The second-order valence-electron chi connectivity index (χ2n) is 20.8. The lowest BCUT2D eigenvalue weighted by atomic mass is 10.0. The summed E-state index contributed by atoms with van der Waals surface area (Å²) in [6.45, 7) is 20.4. The van der Waals surface area contributed by atoms with Crippen LogP contribution in [-0.4, -0.2) is 81.7 Å². The third-order valence-corrected chi connectivity index (χ3v) is 14.3. The van der Waals surface area contributed by atoms with Crippen LogP contribution >= 0.6 is 0 Å². The fourth-order valence-electron chi connectivity index (χ4n) is 9.67. The minimum Gasteiger partial charge on any atom is -0.462 e. The molecule has 0 saturated carbocycles. The molecule has 0 atom stereocenters. The van der Waals surface area contributed by atoms with Crippen LogP contribution in [0.4, 0.5) is 0 Å². The summed E-state index contributed by atoms with van der Waals surface area (Å²) < 4.78 is 14.3. The zero-order valence-electron chi connectivity index (χ0n) is 46.3. The Balaban J connectivity index is 2.53. The van der Waals surface area contributed by atoms with E-state index in [4.69, 9.17) is 9.47 Å². The second kappa shape index (κ2) is 48.6. The van der Waals surface area contributed by atoms with Gasteiger partial charge in [0.25, 0.3) is 0 Å². The van der Waals surface area contributed by atoms with Gasteiger partial charge in [0.1, 0.15) is 12.2 Å². The monoisotopic (exact) mass is 958 g/mol. The van der Waals surface area contributed by atoms with E-state index >= 15 is 0 Å². The molecule has 0 amide bonds. The molecular formula is C59H115N5O4. The first-order valence-corrected chi connectivity index (χ1v) is 30.1. The van der Waals surface area contributed by atoms with Gasteiger partial charge in [-0.15, -0.1) is 5.10 Å². The number of rotatable bonds is 53. The van der Waals surface area contributed by atoms with E-state index in [1.54, 1.807) is 0 Å². The van der Waals surface area contributed by atoms with Gasteiger partial charge in [0.2, 0.25) is 0 Å². The zero-order chi connectivity index (χ0) is 49.4. The molecule has 0 aliphatic rings. The Morgan fingerprint density at radius 3 is 1.15 bits per heavy atom. The standard InChI is InChI=1S/C59H115N5O4/c1-7-13-17-21-27-35-43-56(44-36-28-22-18-14-8-2)67-58(65)47-39-31-25-33-41-49-63(51-52-64-54-55(60-61-64)53-62(11-5)12-6)50-42-34-26-32-40-48-59(66)68-57(45-37-29-23-19-15-9-3)46-38-30-24-20-16-10-4/h54,56-57H,7-53H2,1-6H3. The highest BCUT2D eigenvalue weighted by Gasteiger charge is 2.16. The van der Waals surface area contributed by atoms with Gasteiger partial charge in [0.05, 0.1) is 12.2 Å². The Morgan fingerprint density at radius 2 is 0.779 bits per heavy atom. The predicted octanol–water partition coefficient (Wildman–Crippen LogP) is 16.9. The minimum atomic E-state index is 0.0256. The molecule has 1 aromatic heterocycles. The van der Waals surface area contributed by atoms with Crippen LogP contribution in [0.3, 0.4) is 0 Å². The van der Waals surface area contributed by atoms with Crippen molar-refractivity contribution >= 4 is 11.9 Å². The smallest absolute Gasteiger partial charge is 0.306 e. The van der Waals surface area contributed by atoms with E-state index in [0.717, 1.165) is 103 Å². The highest BCUT2D eigenvalue weighted by molar-refractivity contribution is 5.69. The van der Waals surface area contributed by atoms with Crippen molar-refractivity contribution in [1.29, 1.82) is 0 Å². The number of carbonyl (C=O) groups excluding carboxylic acids is 2. The van der Waals surface area contributed by atoms with E-state index in [1.165, 1.54) is 193 Å². The van der Waals surface area contributed by atoms with Crippen LogP contribution in [0.2, 0.25) is 0 Å². The second-order valence-corrected chi connectivity index (χ2v) is 20.8. The van der Waals surface area contributed by atoms with Crippen molar-refractivity contribution in [3.05, 3.63) is 11.9 Å². The molecule has 0 aromatic carbocycles. The largest absolute Gasteiger partial charge is 0.462 e. The van der Waals surface area contributed by atoms with Crippen molar-refractivity contribution < 1.29 is 19.1 Å².